The standard InChI is InChI=1S/C29H21Cl2NO2/c1-17(2)32-26-13-7-20(28(33)18-3-9-22(30)10-4-18)15-24(26)25-16-21(8-14-27(25)32)29(34)19-5-11-23(31)12-6-19/h3-17H,1-2H3. The molecule has 0 fully saturated rings. The quantitative estimate of drug-likeness (QED) is 0.235. The molecule has 0 unspecified atom stereocenters. The predicted molar refractivity (Wildman–Crippen MR) is 140 cm³/mol. The lowest BCUT2D eigenvalue weighted by Crippen LogP contribution is -2.03. The lowest BCUT2D eigenvalue weighted by Gasteiger charge is -2.12. The molecular formula is C29H21Cl2NO2. The van der Waals surface area contributed by atoms with Crippen LogP contribution in [0.25, 0.3) is 21.8 Å². The van der Waals surface area contributed by atoms with Crippen LogP contribution in [0.5, 0.6) is 0 Å². The highest BCUT2D eigenvalue weighted by molar-refractivity contribution is 6.31. The summed E-state index contributed by atoms with van der Waals surface area (Å²) in [6, 6.07) is 25.5. The molecule has 5 heteroatoms. The number of rotatable bonds is 5. The molecule has 0 bridgehead atoms. The second kappa shape index (κ2) is 8.75. The van der Waals surface area contributed by atoms with Gasteiger partial charge in [-0.15, -0.1) is 0 Å². The molecule has 0 atom stereocenters. The van der Waals surface area contributed by atoms with Gasteiger partial charge in [0, 0.05) is 60.1 Å². The monoisotopic (exact) mass is 485 g/mol. The first-order valence-corrected chi connectivity index (χ1v) is 11.8. The van der Waals surface area contributed by atoms with Gasteiger partial charge < -0.3 is 4.57 Å². The summed E-state index contributed by atoms with van der Waals surface area (Å²) in [5.74, 6) is -0.144. The van der Waals surface area contributed by atoms with Gasteiger partial charge in [-0.1, -0.05) is 23.2 Å². The van der Waals surface area contributed by atoms with Crippen LogP contribution in [0.4, 0.5) is 0 Å². The Morgan fingerprint density at radius 1 is 0.588 bits per heavy atom. The van der Waals surface area contributed by atoms with E-state index < -0.39 is 0 Å². The molecule has 0 amide bonds. The number of hydrogen-bond donors (Lipinski definition) is 0. The van der Waals surface area contributed by atoms with E-state index in [0.29, 0.717) is 32.3 Å². The number of benzene rings is 4. The maximum absolute atomic E-state index is 13.2. The molecule has 4 aromatic carbocycles. The van der Waals surface area contributed by atoms with Gasteiger partial charge in [-0.05, 0) is 98.8 Å². The lowest BCUT2D eigenvalue weighted by atomic mass is 9.99. The van der Waals surface area contributed by atoms with E-state index in [1.807, 2.05) is 36.4 Å². The number of nitrogens with zero attached hydrogens (tertiary/aromatic N) is 1. The third-order valence-electron chi connectivity index (χ3n) is 6.06. The van der Waals surface area contributed by atoms with Gasteiger partial charge >= 0.3 is 0 Å². The Hall–Kier alpha value is -3.40. The summed E-state index contributed by atoms with van der Waals surface area (Å²) >= 11 is 12.0. The van der Waals surface area contributed by atoms with E-state index in [2.05, 4.69) is 18.4 Å². The van der Waals surface area contributed by atoms with Crippen molar-refractivity contribution in [1.29, 1.82) is 0 Å². The number of halogens is 2. The van der Waals surface area contributed by atoms with Gasteiger partial charge in [0.15, 0.2) is 11.6 Å². The average molecular weight is 486 g/mol. The van der Waals surface area contributed by atoms with Crippen LogP contribution in [0.1, 0.15) is 51.7 Å². The molecule has 5 rings (SSSR count). The van der Waals surface area contributed by atoms with Crippen molar-refractivity contribution in [3.05, 3.63) is 117 Å². The molecule has 0 aliphatic heterocycles. The van der Waals surface area contributed by atoms with Gasteiger partial charge in [0.05, 0.1) is 0 Å². The van der Waals surface area contributed by atoms with Crippen molar-refractivity contribution in [3.8, 4) is 0 Å². The number of ketones is 2. The maximum atomic E-state index is 13.2. The van der Waals surface area contributed by atoms with Crippen molar-refractivity contribution >= 4 is 56.6 Å². The highest BCUT2D eigenvalue weighted by Crippen LogP contribution is 2.34. The minimum absolute atomic E-state index is 0.0718. The summed E-state index contributed by atoms with van der Waals surface area (Å²) in [5.41, 5.74) is 4.38. The van der Waals surface area contributed by atoms with Gasteiger partial charge in [0.1, 0.15) is 0 Å². The summed E-state index contributed by atoms with van der Waals surface area (Å²) < 4.78 is 2.23. The van der Waals surface area contributed by atoms with Crippen LogP contribution >= 0.6 is 23.2 Å². The zero-order valence-corrected chi connectivity index (χ0v) is 20.2. The van der Waals surface area contributed by atoms with Crippen molar-refractivity contribution in [1.82, 2.24) is 4.57 Å². The fourth-order valence-corrected chi connectivity index (χ4v) is 4.68. The summed E-state index contributed by atoms with van der Waals surface area (Å²) in [7, 11) is 0. The first-order valence-electron chi connectivity index (χ1n) is 11.0. The Kier molecular flexibility index (Phi) is 5.76. The molecule has 5 aromatic rings. The number of carbonyl (C=O) groups excluding carboxylic acids is 2. The first-order chi connectivity index (χ1) is 16.3. The molecule has 34 heavy (non-hydrogen) atoms. The maximum Gasteiger partial charge on any atom is 0.193 e. The molecule has 0 N–H and O–H groups in total. The van der Waals surface area contributed by atoms with Crippen molar-refractivity contribution in [2.75, 3.05) is 0 Å². The lowest BCUT2D eigenvalue weighted by molar-refractivity contribution is 0.103. The van der Waals surface area contributed by atoms with Gasteiger partial charge in [0.2, 0.25) is 0 Å². The van der Waals surface area contributed by atoms with Crippen LogP contribution < -0.4 is 0 Å². The van der Waals surface area contributed by atoms with Gasteiger partial charge in [0.25, 0.3) is 0 Å². The zero-order chi connectivity index (χ0) is 24.0. The Balaban J connectivity index is 1.67. The summed E-state index contributed by atoms with van der Waals surface area (Å²) in [4.78, 5) is 26.3. The highest BCUT2D eigenvalue weighted by Gasteiger charge is 2.18. The van der Waals surface area contributed by atoms with Crippen LogP contribution in [0.3, 0.4) is 0 Å². The summed E-state index contributed by atoms with van der Waals surface area (Å²) in [6.45, 7) is 4.25. The Morgan fingerprint density at radius 2 is 0.941 bits per heavy atom. The van der Waals surface area contributed by atoms with E-state index >= 15 is 0 Å². The smallest absolute Gasteiger partial charge is 0.193 e. The molecule has 3 nitrogen and oxygen atoms in total. The molecule has 1 heterocycles. The predicted octanol–water partition coefficient (Wildman–Crippen LogP) is 8.14. The second-order valence-electron chi connectivity index (χ2n) is 8.60. The summed E-state index contributed by atoms with van der Waals surface area (Å²) in [5, 5.41) is 3.05. The van der Waals surface area contributed by atoms with Crippen LogP contribution in [-0.2, 0) is 0 Å². The molecule has 0 saturated heterocycles. The zero-order valence-electron chi connectivity index (χ0n) is 18.7. The first kappa shape index (κ1) is 22.4. The molecule has 0 spiro atoms. The van der Waals surface area contributed by atoms with Crippen molar-refractivity contribution < 1.29 is 9.59 Å². The van der Waals surface area contributed by atoms with Crippen LogP contribution in [0, 0.1) is 0 Å². The Labute approximate surface area is 207 Å². The molecule has 1 aromatic heterocycles. The molecule has 0 aliphatic carbocycles. The molecule has 0 radical (unpaired) electrons. The number of hydrogen-bond acceptors (Lipinski definition) is 2. The topological polar surface area (TPSA) is 39.1 Å². The molecule has 0 saturated carbocycles. The number of fused-ring (bicyclic) bond motifs is 3. The van der Waals surface area contributed by atoms with E-state index in [0.717, 1.165) is 21.8 Å². The average Bonchev–Trinajstić information content (AvgIpc) is 3.17. The van der Waals surface area contributed by atoms with Crippen LogP contribution in [-0.4, -0.2) is 16.1 Å². The van der Waals surface area contributed by atoms with E-state index in [4.69, 9.17) is 23.2 Å². The summed E-state index contributed by atoms with van der Waals surface area (Å²) in [6.07, 6.45) is 0. The Bertz CT molecular complexity index is 1450. The largest absolute Gasteiger partial charge is 0.338 e. The van der Waals surface area contributed by atoms with Gasteiger partial charge in [-0.25, -0.2) is 0 Å². The molecule has 168 valence electrons. The number of carbonyl (C=O) groups is 2. The molecule has 0 aliphatic rings. The van der Waals surface area contributed by atoms with Crippen molar-refractivity contribution in [3.63, 3.8) is 0 Å². The van der Waals surface area contributed by atoms with Crippen LogP contribution in [0.2, 0.25) is 10.0 Å². The van der Waals surface area contributed by atoms with Crippen molar-refractivity contribution in [2.24, 2.45) is 0 Å². The third-order valence-corrected chi connectivity index (χ3v) is 6.56. The Morgan fingerprint density at radius 3 is 1.29 bits per heavy atom. The normalized spacial score (nSPS) is 11.4. The molecular weight excluding hydrogens is 465 g/mol. The van der Waals surface area contributed by atoms with Crippen molar-refractivity contribution in [2.45, 2.75) is 19.9 Å². The van der Waals surface area contributed by atoms with E-state index in [9.17, 15) is 9.59 Å². The fourth-order valence-electron chi connectivity index (χ4n) is 4.43. The van der Waals surface area contributed by atoms with E-state index in [-0.39, 0.29) is 17.6 Å². The second-order valence-corrected chi connectivity index (χ2v) is 9.47. The third kappa shape index (κ3) is 3.91. The number of aromatic nitrogens is 1. The van der Waals surface area contributed by atoms with E-state index in [1.54, 1.807) is 48.5 Å². The minimum atomic E-state index is -0.0718. The highest BCUT2D eigenvalue weighted by atomic mass is 35.5. The SMILES string of the molecule is CC(C)n1c2ccc(C(=O)c3ccc(Cl)cc3)cc2c2cc(C(=O)c3ccc(Cl)cc3)ccc21. The fraction of sp³-hybridized carbons (Fsp3) is 0.103. The van der Waals surface area contributed by atoms with E-state index in [1.165, 1.54) is 0 Å². The van der Waals surface area contributed by atoms with Gasteiger partial charge in [-0.3, -0.25) is 9.59 Å². The van der Waals surface area contributed by atoms with Gasteiger partial charge in [-0.2, -0.15) is 0 Å². The van der Waals surface area contributed by atoms with Crippen LogP contribution in [0.15, 0.2) is 84.9 Å². The minimum Gasteiger partial charge on any atom is -0.338 e.